The summed E-state index contributed by atoms with van der Waals surface area (Å²) in [6.07, 6.45) is 2.92. The molecule has 0 amide bonds. The predicted octanol–water partition coefficient (Wildman–Crippen LogP) is 1.17. The smallest absolute Gasteiger partial charge is 0.240 e. The molecule has 0 radical (unpaired) electrons. The molecular formula is C14H17NO3S. The van der Waals surface area contributed by atoms with Gasteiger partial charge in [-0.05, 0) is 43.5 Å². The first-order valence-corrected chi connectivity index (χ1v) is 7.74. The van der Waals surface area contributed by atoms with E-state index in [1.54, 1.807) is 18.2 Å². The first-order valence-electron chi connectivity index (χ1n) is 6.25. The van der Waals surface area contributed by atoms with Crippen LogP contribution in [0.3, 0.4) is 0 Å². The van der Waals surface area contributed by atoms with E-state index < -0.39 is 10.0 Å². The molecule has 5 heteroatoms. The summed E-state index contributed by atoms with van der Waals surface area (Å²) >= 11 is 0. The van der Waals surface area contributed by atoms with Gasteiger partial charge in [0.1, 0.15) is 6.61 Å². The molecule has 0 unspecified atom stereocenters. The highest BCUT2D eigenvalue weighted by Gasteiger charge is 2.24. The van der Waals surface area contributed by atoms with E-state index in [-0.39, 0.29) is 17.5 Å². The summed E-state index contributed by atoms with van der Waals surface area (Å²) in [5.41, 5.74) is 1.52. The van der Waals surface area contributed by atoms with Crippen molar-refractivity contribution in [3.05, 3.63) is 29.3 Å². The Kier molecular flexibility index (Phi) is 4.25. The molecule has 0 atom stereocenters. The van der Waals surface area contributed by atoms with Crippen molar-refractivity contribution in [1.82, 2.24) is 4.72 Å². The lowest BCUT2D eigenvalue weighted by molar-refractivity contribution is 0.350. The van der Waals surface area contributed by atoms with Gasteiger partial charge in [0.15, 0.2) is 0 Å². The van der Waals surface area contributed by atoms with Gasteiger partial charge in [-0.3, -0.25) is 0 Å². The zero-order valence-electron chi connectivity index (χ0n) is 10.8. The minimum atomic E-state index is -3.43. The van der Waals surface area contributed by atoms with Crippen LogP contribution in [0, 0.1) is 18.8 Å². The molecule has 4 nitrogen and oxygen atoms in total. The molecule has 1 fully saturated rings. The number of aryl methyl sites for hydroxylation is 1. The Morgan fingerprint density at radius 1 is 1.42 bits per heavy atom. The van der Waals surface area contributed by atoms with E-state index in [2.05, 4.69) is 16.6 Å². The van der Waals surface area contributed by atoms with E-state index in [9.17, 15) is 8.42 Å². The van der Waals surface area contributed by atoms with Crippen LogP contribution in [0.5, 0.6) is 0 Å². The Balaban J connectivity index is 2.23. The van der Waals surface area contributed by atoms with Gasteiger partial charge in [-0.25, -0.2) is 13.1 Å². The maximum atomic E-state index is 12.1. The average molecular weight is 279 g/mol. The van der Waals surface area contributed by atoms with Gasteiger partial charge in [-0.1, -0.05) is 18.3 Å². The van der Waals surface area contributed by atoms with Crippen molar-refractivity contribution in [3.63, 3.8) is 0 Å². The summed E-state index contributed by atoms with van der Waals surface area (Å²) in [4.78, 5) is 0.270. The number of nitrogens with one attached hydrogen (secondary N) is 1. The predicted molar refractivity (Wildman–Crippen MR) is 73.1 cm³/mol. The Hall–Kier alpha value is -1.35. The van der Waals surface area contributed by atoms with Crippen LogP contribution in [-0.2, 0) is 10.0 Å². The zero-order valence-corrected chi connectivity index (χ0v) is 11.6. The summed E-state index contributed by atoms with van der Waals surface area (Å²) in [6, 6.07) is 4.92. The number of rotatable bonds is 3. The molecule has 1 aromatic carbocycles. The van der Waals surface area contributed by atoms with Crippen LogP contribution < -0.4 is 4.72 Å². The molecule has 0 heterocycles. The van der Waals surface area contributed by atoms with Crippen LogP contribution in [0.2, 0.25) is 0 Å². The molecule has 2 rings (SSSR count). The number of aliphatic hydroxyl groups is 1. The van der Waals surface area contributed by atoms with Gasteiger partial charge in [-0.2, -0.15) is 0 Å². The fraction of sp³-hybridized carbons (Fsp3) is 0.429. The first kappa shape index (κ1) is 14.1. The molecular weight excluding hydrogens is 262 g/mol. The van der Waals surface area contributed by atoms with Crippen molar-refractivity contribution < 1.29 is 13.5 Å². The second kappa shape index (κ2) is 5.74. The lowest BCUT2D eigenvalue weighted by Crippen LogP contribution is -2.39. The summed E-state index contributed by atoms with van der Waals surface area (Å²) in [7, 11) is -3.43. The highest BCUT2D eigenvalue weighted by atomic mass is 32.2. The number of hydrogen-bond acceptors (Lipinski definition) is 3. The minimum absolute atomic E-state index is 0.0826. The Morgan fingerprint density at radius 3 is 2.68 bits per heavy atom. The van der Waals surface area contributed by atoms with Crippen molar-refractivity contribution in [2.75, 3.05) is 6.61 Å². The molecule has 0 aliphatic heterocycles. The van der Waals surface area contributed by atoms with Crippen molar-refractivity contribution >= 4 is 10.0 Å². The summed E-state index contributed by atoms with van der Waals surface area (Å²) in [6.45, 7) is 1.60. The third-order valence-corrected chi connectivity index (χ3v) is 4.76. The maximum Gasteiger partial charge on any atom is 0.240 e. The SMILES string of the molecule is Cc1cc(S(=O)(=O)NC2CCC2)ccc1C#CCO. The molecule has 1 aliphatic carbocycles. The second-order valence-corrected chi connectivity index (χ2v) is 6.40. The molecule has 1 aliphatic rings. The van der Waals surface area contributed by atoms with Crippen LogP contribution in [0.25, 0.3) is 0 Å². The van der Waals surface area contributed by atoms with Gasteiger partial charge in [0.25, 0.3) is 0 Å². The summed E-state index contributed by atoms with van der Waals surface area (Å²) in [5.74, 6) is 5.34. The largest absolute Gasteiger partial charge is 0.384 e. The van der Waals surface area contributed by atoms with Gasteiger partial charge < -0.3 is 5.11 Å². The van der Waals surface area contributed by atoms with Crippen LogP contribution in [-0.4, -0.2) is 26.2 Å². The van der Waals surface area contributed by atoms with Crippen LogP contribution in [0.1, 0.15) is 30.4 Å². The van der Waals surface area contributed by atoms with E-state index >= 15 is 0 Å². The molecule has 0 saturated heterocycles. The van der Waals surface area contributed by atoms with E-state index in [0.29, 0.717) is 0 Å². The molecule has 0 spiro atoms. The molecule has 102 valence electrons. The Labute approximate surface area is 113 Å². The molecule has 0 bridgehead atoms. The summed E-state index contributed by atoms with van der Waals surface area (Å²) in [5, 5.41) is 8.66. The Bertz CT molecular complexity index is 622. The minimum Gasteiger partial charge on any atom is -0.384 e. The van der Waals surface area contributed by atoms with Crippen molar-refractivity contribution in [3.8, 4) is 11.8 Å². The van der Waals surface area contributed by atoms with Gasteiger partial charge in [-0.15, -0.1) is 0 Å². The lowest BCUT2D eigenvalue weighted by atomic mass is 9.94. The average Bonchev–Trinajstić information content (AvgIpc) is 2.32. The highest BCUT2D eigenvalue weighted by molar-refractivity contribution is 7.89. The monoisotopic (exact) mass is 279 g/mol. The van der Waals surface area contributed by atoms with E-state index in [4.69, 9.17) is 5.11 Å². The third kappa shape index (κ3) is 3.35. The number of sulfonamides is 1. The number of benzene rings is 1. The second-order valence-electron chi connectivity index (χ2n) is 4.69. The van der Waals surface area contributed by atoms with E-state index in [1.807, 2.05) is 6.92 Å². The summed E-state index contributed by atoms with van der Waals surface area (Å²) < 4.78 is 26.9. The third-order valence-electron chi connectivity index (χ3n) is 3.24. The van der Waals surface area contributed by atoms with Gasteiger partial charge in [0, 0.05) is 11.6 Å². The number of hydrogen-bond donors (Lipinski definition) is 2. The quantitative estimate of drug-likeness (QED) is 0.816. The standard InChI is InChI=1S/C14H17NO3S/c1-11-10-14(8-7-12(11)4-3-9-16)19(17,18)15-13-5-2-6-13/h7-8,10,13,15-16H,2,5-6,9H2,1H3. The van der Waals surface area contributed by atoms with Crippen molar-refractivity contribution in [2.24, 2.45) is 0 Å². The van der Waals surface area contributed by atoms with E-state index in [1.165, 1.54) is 0 Å². The van der Waals surface area contributed by atoms with E-state index in [0.717, 1.165) is 30.4 Å². The molecule has 1 saturated carbocycles. The lowest BCUT2D eigenvalue weighted by Gasteiger charge is -2.26. The fourth-order valence-electron chi connectivity index (χ4n) is 1.89. The topological polar surface area (TPSA) is 66.4 Å². The van der Waals surface area contributed by atoms with Crippen LogP contribution >= 0.6 is 0 Å². The molecule has 19 heavy (non-hydrogen) atoms. The highest BCUT2D eigenvalue weighted by Crippen LogP contribution is 2.22. The normalized spacial score (nSPS) is 15.5. The molecule has 1 aromatic rings. The molecule has 2 N–H and O–H groups in total. The van der Waals surface area contributed by atoms with Crippen LogP contribution in [0.15, 0.2) is 23.1 Å². The van der Waals surface area contributed by atoms with Crippen LogP contribution in [0.4, 0.5) is 0 Å². The van der Waals surface area contributed by atoms with Gasteiger partial charge in [0.05, 0.1) is 4.90 Å². The fourth-order valence-corrected chi connectivity index (χ4v) is 3.28. The van der Waals surface area contributed by atoms with Crippen molar-refractivity contribution in [2.45, 2.75) is 37.1 Å². The van der Waals surface area contributed by atoms with Crippen molar-refractivity contribution in [1.29, 1.82) is 0 Å². The number of aliphatic hydroxyl groups excluding tert-OH is 1. The van der Waals surface area contributed by atoms with Gasteiger partial charge in [0.2, 0.25) is 10.0 Å². The Morgan fingerprint density at radius 2 is 2.16 bits per heavy atom. The molecule has 0 aromatic heterocycles. The van der Waals surface area contributed by atoms with Gasteiger partial charge >= 0.3 is 0 Å². The zero-order chi connectivity index (χ0) is 13.9. The first-order chi connectivity index (χ1) is 9.03. The maximum absolute atomic E-state index is 12.1.